The molecule has 0 aliphatic rings. The standard InChI is InChI=1S/C19H21NO2S/c1-4-20(12-16-6-5-9-23-16)11-15-10-18(21)22-19-14(3)13(2)7-8-17(15)19/h5-10H,4,11-12H2,1-3H3/p+1. The summed E-state index contributed by atoms with van der Waals surface area (Å²) >= 11 is 1.79. The van der Waals surface area contributed by atoms with E-state index in [1.165, 1.54) is 9.78 Å². The molecule has 23 heavy (non-hydrogen) atoms. The fourth-order valence-corrected chi connectivity index (χ4v) is 3.69. The molecular formula is C19H22NO2S+. The maximum atomic E-state index is 12.0. The topological polar surface area (TPSA) is 34.7 Å². The number of quaternary nitrogens is 1. The van der Waals surface area contributed by atoms with Crippen LogP contribution in [0.4, 0.5) is 0 Å². The average molecular weight is 328 g/mol. The number of nitrogens with one attached hydrogen (secondary N) is 1. The summed E-state index contributed by atoms with van der Waals surface area (Å²) in [6, 6.07) is 10.1. The van der Waals surface area contributed by atoms with E-state index in [2.05, 4.69) is 36.6 Å². The van der Waals surface area contributed by atoms with Crippen LogP contribution in [0.15, 0.2) is 44.9 Å². The van der Waals surface area contributed by atoms with Crippen LogP contribution in [0.1, 0.15) is 28.5 Å². The summed E-state index contributed by atoms with van der Waals surface area (Å²) in [5.74, 6) is 0. The van der Waals surface area contributed by atoms with Gasteiger partial charge < -0.3 is 9.32 Å². The van der Waals surface area contributed by atoms with Gasteiger partial charge in [-0.1, -0.05) is 18.2 Å². The van der Waals surface area contributed by atoms with Crippen LogP contribution in [0.5, 0.6) is 0 Å². The van der Waals surface area contributed by atoms with E-state index in [0.29, 0.717) is 0 Å². The number of aryl methyl sites for hydroxylation is 2. The lowest BCUT2D eigenvalue weighted by molar-refractivity contribution is -0.925. The molecule has 2 aromatic heterocycles. The Bertz CT molecular complexity index is 865. The van der Waals surface area contributed by atoms with Gasteiger partial charge in [0.15, 0.2) is 0 Å². The highest BCUT2D eigenvalue weighted by Gasteiger charge is 2.15. The monoisotopic (exact) mass is 328 g/mol. The number of benzene rings is 1. The van der Waals surface area contributed by atoms with Crippen LogP contribution in [0, 0.1) is 13.8 Å². The van der Waals surface area contributed by atoms with Gasteiger partial charge in [0.1, 0.15) is 18.7 Å². The van der Waals surface area contributed by atoms with Crippen LogP contribution in [0.3, 0.4) is 0 Å². The molecule has 3 nitrogen and oxygen atoms in total. The summed E-state index contributed by atoms with van der Waals surface area (Å²) in [7, 11) is 0. The molecule has 0 radical (unpaired) electrons. The first-order chi connectivity index (χ1) is 11.1. The van der Waals surface area contributed by atoms with Gasteiger partial charge in [-0.25, -0.2) is 4.79 Å². The zero-order valence-corrected chi connectivity index (χ0v) is 14.6. The lowest BCUT2D eigenvalue weighted by Crippen LogP contribution is -3.09. The van der Waals surface area contributed by atoms with Gasteiger partial charge in [0.05, 0.1) is 11.4 Å². The van der Waals surface area contributed by atoms with Gasteiger partial charge in [0.25, 0.3) is 0 Å². The number of hydrogen-bond acceptors (Lipinski definition) is 3. The van der Waals surface area contributed by atoms with Crippen LogP contribution in [-0.2, 0) is 13.1 Å². The van der Waals surface area contributed by atoms with E-state index in [1.807, 2.05) is 13.8 Å². The lowest BCUT2D eigenvalue weighted by atomic mass is 10.0. The van der Waals surface area contributed by atoms with Gasteiger partial charge >= 0.3 is 5.63 Å². The average Bonchev–Trinajstić information content (AvgIpc) is 3.03. The Morgan fingerprint density at radius 3 is 2.70 bits per heavy atom. The summed E-state index contributed by atoms with van der Waals surface area (Å²) in [5, 5.41) is 3.17. The van der Waals surface area contributed by atoms with Gasteiger partial charge in [0.2, 0.25) is 0 Å². The Morgan fingerprint density at radius 1 is 1.17 bits per heavy atom. The molecule has 1 unspecified atom stereocenters. The predicted octanol–water partition coefficient (Wildman–Crippen LogP) is 3.08. The van der Waals surface area contributed by atoms with Gasteiger partial charge in [-0.05, 0) is 43.3 Å². The molecule has 3 rings (SSSR count). The predicted molar refractivity (Wildman–Crippen MR) is 95.2 cm³/mol. The third kappa shape index (κ3) is 3.38. The molecule has 3 aromatic rings. The van der Waals surface area contributed by atoms with Crippen LogP contribution >= 0.6 is 11.3 Å². The first-order valence-electron chi connectivity index (χ1n) is 7.97. The number of fused-ring (bicyclic) bond motifs is 1. The maximum Gasteiger partial charge on any atom is 0.336 e. The molecule has 4 heteroatoms. The third-order valence-corrected chi connectivity index (χ3v) is 5.34. The van der Waals surface area contributed by atoms with Crippen molar-refractivity contribution in [2.75, 3.05) is 6.54 Å². The molecule has 0 spiro atoms. The van der Waals surface area contributed by atoms with Crippen molar-refractivity contribution in [3.8, 4) is 0 Å². The quantitative estimate of drug-likeness (QED) is 0.731. The second-order valence-corrected chi connectivity index (χ2v) is 7.04. The van der Waals surface area contributed by atoms with E-state index in [4.69, 9.17) is 4.42 Å². The largest absolute Gasteiger partial charge is 0.422 e. The van der Waals surface area contributed by atoms with Gasteiger partial charge in [-0.2, -0.15) is 0 Å². The Kier molecular flexibility index (Phi) is 4.64. The van der Waals surface area contributed by atoms with Crippen LogP contribution in [0.2, 0.25) is 0 Å². The summed E-state index contributed by atoms with van der Waals surface area (Å²) < 4.78 is 5.47. The second kappa shape index (κ2) is 6.69. The molecule has 1 aromatic carbocycles. The van der Waals surface area contributed by atoms with E-state index in [9.17, 15) is 4.79 Å². The van der Waals surface area contributed by atoms with Crippen molar-refractivity contribution in [2.45, 2.75) is 33.9 Å². The van der Waals surface area contributed by atoms with E-state index < -0.39 is 0 Å². The van der Waals surface area contributed by atoms with Crippen molar-refractivity contribution in [3.63, 3.8) is 0 Å². The fourth-order valence-electron chi connectivity index (χ4n) is 2.91. The number of rotatable bonds is 5. The molecule has 2 heterocycles. The molecule has 0 bridgehead atoms. The third-order valence-electron chi connectivity index (χ3n) is 4.46. The Labute approximate surface area is 140 Å². The molecule has 1 N–H and O–H groups in total. The Hall–Kier alpha value is -1.91. The molecule has 1 atom stereocenters. The van der Waals surface area contributed by atoms with Crippen molar-refractivity contribution in [2.24, 2.45) is 0 Å². The minimum Gasteiger partial charge on any atom is -0.422 e. The second-order valence-electron chi connectivity index (χ2n) is 6.01. The lowest BCUT2D eigenvalue weighted by Gasteiger charge is -2.18. The van der Waals surface area contributed by atoms with E-state index >= 15 is 0 Å². The minimum absolute atomic E-state index is 0.257. The van der Waals surface area contributed by atoms with E-state index in [0.717, 1.165) is 47.3 Å². The summed E-state index contributed by atoms with van der Waals surface area (Å²) in [5.41, 5.74) is 3.76. The molecular weight excluding hydrogens is 306 g/mol. The molecule has 0 fully saturated rings. The zero-order chi connectivity index (χ0) is 16.4. The van der Waals surface area contributed by atoms with Gasteiger partial charge in [0, 0.05) is 17.0 Å². The van der Waals surface area contributed by atoms with Crippen LogP contribution in [-0.4, -0.2) is 6.54 Å². The van der Waals surface area contributed by atoms with Crippen molar-refractivity contribution >= 4 is 22.3 Å². The molecule has 0 aliphatic carbocycles. The SMILES string of the molecule is CC[NH+](Cc1cccs1)Cc1cc(=O)oc2c(C)c(C)ccc12. The van der Waals surface area contributed by atoms with Crippen molar-refractivity contribution in [1.82, 2.24) is 0 Å². The van der Waals surface area contributed by atoms with Gasteiger partial charge in [-0.15, -0.1) is 11.3 Å². The van der Waals surface area contributed by atoms with Crippen LogP contribution < -0.4 is 10.5 Å². The Balaban J connectivity index is 1.98. The summed E-state index contributed by atoms with van der Waals surface area (Å²) in [6.45, 7) is 9.08. The highest BCUT2D eigenvalue weighted by atomic mass is 32.1. The van der Waals surface area contributed by atoms with E-state index in [1.54, 1.807) is 17.4 Å². The molecule has 120 valence electrons. The Morgan fingerprint density at radius 2 is 2.00 bits per heavy atom. The highest BCUT2D eigenvalue weighted by molar-refractivity contribution is 7.09. The van der Waals surface area contributed by atoms with Gasteiger partial charge in [-0.3, -0.25) is 0 Å². The smallest absolute Gasteiger partial charge is 0.336 e. The minimum atomic E-state index is -0.257. The molecule has 0 saturated heterocycles. The maximum absolute atomic E-state index is 12.0. The van der Waals surface area contributed by atoms with Crippen LogP contribution in [0.25, 0.3) is 11.0 Å². The normalized spacial score (nSPS) is 12.7. The zero-order valence-electron chi connectivity index (χ0n) is 13.8. The van der Waals surface area contributed by atoms with E-state index in [-0.39, 0.29) is 5.63 Å². The first-order valence-corrected chi connectivity index (χ1v) is 8.85. The highest BCUT2D eigenvalue weighted by Crippen LogP contribution is 2.22. The van der Waals surface area contributed by atoms with Crippen molar-refractivity contribution in [1.29, 1.82) is 0 Å². The fraction of sp³-hybridized carbons (Fsp3) is 0.316. The molecule has 0 amide bonds. The van der Waals surface area contributed by atoms with Crippen molar-refractivity contribution in [3.05, 3.63) is 67.7 Å². The van der Waals surface area contributed by atoms with Crippen molar-refractivity contribution < 1.29 is 9.32 Å². The summed E-state index contributed by atoms with van der Waals surface area (Å²) in [6.07, 6.45) is 0. The molecule has 0 aliphatic heterocycles. The molecule has 0 saturated carbocycles. The number of hydrogen-bond donors (Lipinski definition) is 1. The first kappa shape index (κ1) is 16.0. The summed E-state index contributed by atoms with van der Waals surface area (Å²) in [4.78, 5) is 14.8. The number of thiophene rings is 1.